The molecule has 2 aromatic heterocycles. The Morgan fingerprint density at radius 1 is 1.05 bits per heavy atom. The first kappa shape index (κ1) is 24.0. The Morgan fingerprint density at radius 3 is 2.54 bits per heavy atom. The predicted molar refractivity (Wildman–Crippen MR) is 136 cm³/mol. The summed E-state index contributed by atoms with van der Waals surface area (Å²) in [7, 11) is 1.37. The van der Waals surface area contributed by atoms with Crippen molar-refractivity contribution in [3.05, 3.63) is 42.6 Å². The molecule has 2 bridgehead atoms. The zero-order valence-corrected chi connectivity index (χ0v) is 21.3. The summed E-state index contributed by atoms with van der Waals surface area (Å²) in [5.41, 5.74) is 1.53. The number of pyridine rings is 1. The van der Waals surface area contributed by atoms with Crippen LogP contribution in [0.25, 0.3) is 22.5 Å². The molecule has 0 amide bonds. The van der Waals surface area contributed by atoms with Crippen molar-refractivity contribution < 1.29 is 18.6 Å². The number of halogens is 2. The van der Waals surface area contributed by atoms with Crippen molar-refractivity contribution in [1.29, 1.82) is 0 Å². The van der Waals surface area contributed by atoms with Gasteiger partial charge in [0.2, 0.25) is 0 Å². The van der Waals surface area contributed by atoms with Crippen LogP contribution in [0.3, 0.4) is 0 Å². The number of fused-ring (bicyclic) bond motifs is 2. The summed E-state index contributed by atoms with van der Waals surface area (Å²) in [5.74, 6) is 0.151. The number of alkyl halides is 1. The normalized spacial score (nSPS) is 28.8. The number of rotatable bonds is 6. The second-order valence-electron chi connectivity index (χ2n) is 11.5. The molecular formula is C28H31F2N5O2. The molecule has 0 radical (unpaired) electrons. The highest BCUT2D eigenvalue weighted by Crippen LogP contribution is 2.60. The Kier molecular flexibility index (Phi) is 5.58. The zero-order valence-electron chi connectivity index (χ0n) is 21.3. The molecule has 3 aliphatic carbocycles. The van der Waals surface area contributed by atoms with Crippen molar-refractivity contribution in [2.24, 2.45) is 10.8 Å². The van der Waals surface area contributed by atoms with Gasteiger partial charge in [-0.15, -0.1) is 10.2 Å². The van der Waals surface area contributed by atoms with E-state index in [9.17, 15) is 9.50 Å². The molecule has 3 saturated carbocycles. The average Bonchev–Trinajstić information content (AvgIpc) is 3.68. The van der Waals surface area contributed by atoms with Crippen LogP contribution in [0.15, 0.2) is 36.7 Å². The minimum Gasteiger partial charge on any atom is -0.507 e. The molecular weight excluding hydrogens is 476 g/mol. The van der Waals surface area contributed by atoms with Crippen LogP contribution in [0.2, 0.25) is 0 Å². The lowest BCUT2D eigenvalue weighted by molar-refractivity contribution is 0.0357. The molecule has 0 spiro atoms. The van der Waals surface area contributed by atoms with Crippen molar-refractivity contribution in [2.75, 3.05) is 12.0 Å². The number of methoxy groups -OCH3 is 1. The van der Waals surface area contributed by atoms with Gasteiger partial charge in [0.1, 0.15) is 11.9 Å². The number of nitrogens with zero attached hydrogens (tertiary/aromatic N) is 5. The van der Waals surface area contributed by atoms with Gasteiger partial charge in [-0.05, 0) is 67.7 Å². The Bertz CT molecular complexity index is 1330. The van der Waals surface area contributed by atoms with Crippen molar-refractivity contribution in [3.63, 3.8) is 0 Å². The van der Waals surface area contributed by atoms with Crippen molar-refractivity contribution in [1.82, 2.24) is 20.2 Å². The molecule has 3 aliphatic rings. The number of aromatic nitrogens is 4. The van der Waals surface area contributed by atoms with Gasteiger partial charge in [-0.25, -0.2) is 14.4 Å². The summed E-state index contributed by atoms with van der Waals surface area (Å²) in [6.07, 6.45) is 7.90. The lowest BCUT2D eigenvalue weighted by Gasteiger charge is -2.47. The fourth-order valence-electron chi connectivity index (χ4n) is 6.58. The van der Waals surface area contributed by atoms with Gasteiger partial charge in [-0.2, -0.15) is 4.39 Å². The van der Waals surface area contributed by atoms with Gasteiger partial charge in [0.05, 0.1) is 24.9 Å². The molecule has 9 heteroatoms. The van der Waals surface area contributed by atoms with E-state index in [2.05, 4.69) is 38.9 Å². The van der Waals surface area contributed by atoms with E-state index in [1.54, 1.807) is 24.4 Å². The van der Waals surface area contributed by atoms with Gasteiger partial charge in [0.25, 0.3) is 5.95 Å². The molecule has 0 aliphatic heterocycles. The molecule has 1 N–H and O–H groups in total. The number of hydrogen-bond donors (Lipinski definition) is 1. The molecule has 0 unspecified atom stereocenters. The van der Waals surface area contributed by atoms with Crippen LogP contribution in [0.1, 0.15) is 52.4 Å². The summed E-state index contributed by atoms with van der Waals surface area (Å²) >= 11 is 0. The molecule has 3 fully saturated rings. The molecule has 3 aromatic rings. The number of anilines is 1. The van der Waals surface area contributed by atoms with Gasteiger partial charge >= 0.3 is 0 Å². The third kappa shape index (κ3) is 4.18. The average molecular weight is 508 g/mol. The SMILES string of the molecule is COc1cc(-c2ccc(-c3ncc(N(C4CC4)[C@@H]4C[C@@]5(C)CC[C@](C)(C5)[C@@H]4F)nn3)c(O)c2)cnc1F. The van der Waals surface area contributed by atoms with Gasteiger partial charge in [-0.3, -0.25) is 0 Å². The van der Waals surface area contributed by atoms with Crippen molar-refractivity contribution >= 4 is 5.82 Å². The van der Waals surface area contributed by atoms with E-state index in [1.807, 2.05) is 0 Å². The van der Waals surface area contributed by atoms with E-state index >= 15 is 4.39 Å². The largest absolute Gasteiger partial charge is 0.507 e. The van der Waals surface area contributed by atoms with Crippen LogP contribution in [0, 0.1) is 16.8 Å². The minimum atomic E-state index is -0.915. The quantitative estimate of drug-likeness (QED) is 0.427. The highest BCUT2D eigenvalue weighted by Gasteiger charge is 2.58. The number of hydrogen-bond acceptors (Lipinski definition) is 7. The minimum absolute atomic E-state index is 0.0221. The van der Waals surface area contributed by atoms with Crippen LogP contribution in [0.5, 0.6) is 11.5 Å². The van der Waals surface area contributed by atoms with E-state index in [1.165, 1.54) is 19.4 Å². The van der Waals surface area contributed by atoms with Crippen molar-refractivity contribution in [2.45, 2.75) is 70.6 Å². The second kappa shape index (κ2) is 8.60. The first-order valence-corrected chi connectivity index (χ1v) is 12.9. The number of phenols is 1. The molecule has 0 saturated heterocycles. The Balaban J connectivity index is 1.27. The van der Waals surface area contributed by atoms with E-state index in [4.69, 9.17) is 4.74 Å². The van der Waals surface area contributed by atoms with Crippen LogP contribution in [-0.2, 0) is 0 Å². The summed E-state index contributed by atoms with van der Waals surface area (Å²) in [6.45, 7) is 4.39. The Morgan fingerprint density at radius 2 is 1.86 bits per heavy atom. The van der Waals surface area contributed by atoms with E-state index < -0.39 is 12.1 Å². The summed E-state index contributed by atoms with van der Waals surface area (Å²) in [4.78, 5) is 10.4. The molecule has 37 heavy (non-hydrogen) atoms. The lowest BCUT2D eigenvalue weighted by Crippen LogP contribution is -2.54. The fourth-order valence-corrected chi connectivity index (χ4v) is 6.58. The zero-order chi connectivity index (χ0) is 25.9. The maximum Gasteiger partial charge on any atom is 0.255 e. The molecule has 2 heterocycles. The maximum atomic E-state index is 15.9. The standard InChI is InChI=1S/C28H31F2N5O2/c1-27-8-9-28(2,15-27)24(29)20(12-27)35(18-5-6-18)23-14-32-26(34-33-23)19-7-4-16(10-21(19)36)17-11-22(37-3)25(30)31-13-17/h4,7,10-11,13-14,18,20,24,36H,5-6,8-9,12,15H2,1-3H3/t20-,24-,27-,28-/m1/s1. The monoisotopic (exact) mass is 507 g/mol. The number of aromatic hydroxyl groups is 1. The molecule has 7 nitrogen and oxygen atoms in total. The third-order valence-electron chi connectivity index (χ3n) is 8.55. The second-order valence-corrected chi connectivity index (χ2v) is 11.5. The first-order chi connectivity index (χ1) is 17.7. The smallest absolute Gasteiger partial charge is 0.255 e. The summed E-state index contributed by atoms with van der Waals surface area (Å²) < 4.78 is 34.6. The molecule has 4 atom stereocenters. The van der Waals surface area contributed by atoms with Gasteiger partial charge in [-0.1, -0.05) is 19.9 Å². The van der Waals surface area contributed by atoms with Gasteiger partial charge in [0.15, 0.2) is 17.4 Å². The number of ether oxygens (including phenoxy) is 1. The predicted octanol–water partition coefficient (Wildman–Crippen LogP) is 5.73. The summed E-state index contributed by atoms with van der Waals surface area (Å²) in [6, 6.07) is 6.56. The van der Waals surface area contributed by atoms with Crippen LogP contribution < -0.4 is 9.64 Å². The molecule has 194 valence electrons. The number of benzene rings is 1. The Labute approximate surface area is 214 Å². The molecule has 1 aromatic carbocycles. The van der Waals surface area contributed by atoms with E-state index in [-0.39, 0.29) is 40.2 Å². The lowest BCUT2D eigenvalue weighted by atomic mass is 9.67. The summed E-state index contributed by atoms with van der Waals surface area (Å²) in [5, 5.41) is 19.5. The maximum absolute atomic E-state index is 15.9. The van der Waals surface area contributed by atoms with Crippen LogP contribution in [0.4, 0.5) is 14.6 Å². The van der Waals surface area contributed by atoms with E-state index in [0.29, 0.717) is 22.5 Å². The van der Waals surface area contributed by atoms with E-state index in [0.717, 1.165) is 38.5 Å². The van der Waals surface area contributed by atoms with Crippen LogP contribution in [-0.4, -0.2) is 50.6 Å². The first-order valence-electron chi connectivity index (χ1n) is 12.9. The molecule has 6 rings (SSSR count). The highest BCUT2D eigenvalue weighted by molar-refractivity contribution is 5.73. The Hall–Kier alpha value is -3.36. The third-order valence-corrected chi connectivity index (χ3v) is 8.55. The highest BCUT2D eigenvalue weighted by atomic mass is 19.1. The number of phenolic OH excluding ortho intramolecular Hbond substituents is 1. The fraction of sp³-hybridized carbons (Fsp3) is 0.500. The van der Waals surface area contributed by atoms with Crippen LogP contribution >= 0.6 is 0 Å². The van der Waals surface area contributed by atoms with Gasteiger partial charge < -0.3 is 14.7 Å². The van der Waals surface area contributed by atoms with Crippen molar-refractivity contribution in [3.8, 4) is 34.0 Å². The topological polar surface area (TPSA) is 84.3 Å². The van der Waals surface area contributed by atoms with Gasteiger partial charge in [0, 0.05) is 23.2 Å².